The van der Waals surface area contributed by atoms with E-state index < -0.39 is 47.9 Å². The van der Waals surface area contributed by atoms with Crippen molar-refractivity contribution >= 4 is 45.5 Å². The molecule has 1 aromatic rings. The molecule has 1 aromatic carbocycles. The third-order valence-corrected chi connectivity index (χ3v) is 7.26. The first kappa shape index (κ1) is 39.1. The van der Waals surface area contributed by atoms with Crippen molar-refractivity contribution in [3.8, 4) is 0 Å². The molecule has 0 fully saturated rings. The van der Waals surface area contributed by atoms with Gasteiger partial charge in [0.15, 0.2) is 6.10 Å². The van der Waals surface area contributed by atoms with Gasteiger partial charge in [0.1, 0.15) is 18.1 Å². The van der Waals surface area contributed by atoms with E-state index >= 15 is 0 Å². The molecule has 0 aromatic heterocycles. The second-order valence-electron chi connectivity index (χ2n) is 13.1. The molecule has 44 heavy (non-hydrogen) atoms. The highest BCUT2D eigenvalue weighted by molar-refractivity contribution is 9.10. The molecule has 0 spiro atoms. The zero-order valence-corrected chi connectivity index (χ0v) is 29.4. The van der Waals surface area contributed by atoms with Gasteiger partial charge in [-0.15, -0.1) is 0 Å². The molecule has 1 rings (SSSR count). The Labute approximate surface area is 271 Å². The van der Waals surface area contributed by atoms with Crippen molar-refractivity contribution in [3.05, 3.63) is 34.3 Å². The van der Waals surface area contributed by atoms with Crippen LogP contribution in [0, 0.1) is 23.7 Å². The first-order valence-electron chi connectivity index (χ1n) is 15.6. The van der Waals surface area contributed by atoms with Crippen LogP contribution < -0.4 is 21.3 Å². The molecule has 0 unspecified atom stereocenters. The molecule has 0 aliphatic heterocycles. The predicted octanol–water partition coefficient (Wildman–Crippen LogP) is 4.29. The Balaban J connectivity index is 3.31. The summed E-state index contributed by atoms with van der Waals surface area (Å²) in [4.78, 5) is 65.7. The molecule has 0 aliphatic carbocycles. The van der Waals surface area contributed by atoms with Gasteiger partial charge in [-0.2, -0.15) is 0 Å². The average molecular weight is 682 g/mol. The second-order valence-corrected chi connectivity index (χ2v) is 14.0. The molecule has 10 nitrogen and oxygen atoms in total. The van der Waals surface area contributed by atoms with Crippen LogP contribution in [0.1, 0.15) is 86.6 Å². The van der Waals surface area contributed by atoms with Gasteiger partial charge in [0.05, 0.1) is 0 Å². The summed E-state index contributed by atoms with van der Waals surface area (Å²) in [5.74, 6) is -2.08. The molecule has 4 N–H and O–H groups in total. The molecule has 0 aliphatic rings. The van der Waals surface area contributed by atoms with Gasteiger partial charge in [0.25, 0.3) is 5.91 Å². The normalized spacial score (nSPS) is 14.1. The third kappa shape index (κ3) is 15.2. The van der Waals surface area contributed by atoms with E-state index in [0.717, 1.165) is 10.0 Å². The monoisotopic (exact) mass is 680 g/mol. The minimum absolute atomic E-state index is 0.0162. The van der Waals surface area contributed by atoms with Crippen LogP contribution in [0.25, 0.3) is 0 Å². The lowest BCUT2D eigenvalue weighted by atomic mass is 9.99. The maximum atomic E-state index is 13.8. The summed E-state index contributed by atoms with van der Waals surface area (Å²) in [6, 6.07) is 4.44. The van der Waals surface area contributed by atoms with Crippen molar-refractivity contribution in [2.75, 3.05) is 7.05 Å². The minimum atomic E-state index is -1.05. The van der Waals surface area contributed by atoms with E-state index in [1.165, 1.54) is 7.05 Å². The SMILES string of the molecule is CNC(=O)[C@H](CC(C)C)OC(=O)[C@H](CC(C)C)NC(=O)[C@H](Cc1ccc(Br)cc1)NC(=O)[C@H](CC(C)C)NC(=O)CC(C)C. The number of carbonyl (C=O) groups excluding carboxylic acids is 5. The first-order chi connectivity index (χ1) is 20.5. The highest BCUT2D eigenvalue weighted by atomic mass is 79.9. The number of likely N-dealkylation sites (N-methyl/N-ethyl adjacent to an activating group) is 1. The number of benzene rings is 1. The van der Waals surface area contributed by atoms with Gasteiger partial charge >= 0.3 is 5.97 Å². The number of esters is 1. The Morgan fingerprint density at radius 2 is 1.16 bits per heavy atom. The summed E-state index contributed by atoms with van der Waals surface area (Å²) in [6.45, 7) is 15.4. The van der Waals surface area contributed by atoms with Crippen LogP contribution in [0.3, 0.4) is 0 Å². The fourth-order valence-corrected chi connectivity index (χ4v) is 4.91. The van der Waals surface area contributed by atoms with E-state index in [2.05, 4.69) is 37.2 Å². The summed E-state index contributed by atoms with van der Waals surface area (Å²) in [5, 5.41) is 11.0. The minimum Gasteiger partial charge on any atom is -0.451 e. The lowest BCUT2D eigenvalue weighted by molar-refractivity contribution is -0.160. The van der Waals surface area contributed by atoms with Crippen LogP contribution >= 0.6 is 15.9 Å². The van der Waals surface area contributed by atoms with Gasteiger partial charge in [-0.1, -0.05) is 83.5 Å². The number of hydrogen-bond donors (Lipinski definition) is 4. The Bertz CT molecular complexity index is 1090. The van der Waals surface area contributed by atoms with Gasteiger partial charge in [0.2, 0.25) is 17.7 Å². The summed E-state index contributed by atoms with van der Waals surface area (Å²) in [5.41, 5.74) is 0.789. The van der Waals surface area contributed by atoms with Crippen LogP contribution in [0.5, 0.6) is 0 Å². The predicted molar refractivity (Wildman–Crippen MR) is 175 cm³/mol. The first-order valence-corrected chi connectivity index (χ1v) is 16.4. The quantitative estimate of drug-likeness (QED) is 0.171. The maximum Gasteiger partial charge on any atom is 0.329 e. The number of halogens is 1. The zero-order valence-electron chi connectivity index (χ0n) is 27.8. The van der Waals surface area contributed by atoms with E-state index in [9.17, 15) is 24.0 Å². The fraction of sp³-hybridized carbons (Fsp3) is 0.667. The number of rotatable bonds is 18. The van der Waals surface area contributed by atoms with Gasteiger partial charge < -0.3 is 26.0 Å². The molecule has 11 heteroatoms. The van der Waals surface area contributed by atoms with E-state index in [4.69, 9.17) is 4.74 Å². The van der Waals surface area contributed by atoms with Crippen LogP contribution in [0.4, 0.5) is 0 Å². The van der Waals surface area contributed by atoms with Crippen LogP contribution in [-0.2, 0) is 35.1 Å². The van der Waals surface area contributed by atoms with Crippen LogP contribution in [0.15, 0.2) is 28.7 Å². The Morgan fingerprint density at radius 1 is 0.659 bits per heavy atom. The summed E-state index contributed by atoms with van der Waals surface area (Å²) in [6.07, 6.45) is 0.418. The van der Waals surface area contributed by atoms with Crippen molar-refractivity contribution < 1.29 is 28.7 Å². The van der Waals surface area contributed by atoms with E-state index in [0.29, 0.717) is 12.8 Å². The molecule has 0 heterocycles. The lowest BCUT2D eigenvalue weighted by Crippen LogP contribution is -2.57. The summed E-state index contributed by atoms with van der Waals surface area (Å²) >= 11 is 3.41. The van der Waals surface area contributed by atoms with E-state index in [1.807, 2.05) is 79.7 Å². The molecule has 4 amide bonds. The van der Waals surface area contributed by atoms with Gasteiger partial charge in [-0.3, -0.25) is 19.2 Å². The van der Waals surface area contributed by atoms with Crippen molar-refractivity contribution in [2.24, 2.45) is 23.7 Å². The van der Waals surface area contributed by atoms with E-state index in [1.54, 1.807) is 0 Å². The van der Waals surface area contributed by atoms with Crippen LogP contribution in [-0.4, -0.2) is 60.9 Å². The zero-order chi connectivity index (χ0) is 33.6. The van der Waals surface area contributed by atoms with Crippen LogP contribution in [0.2, 0.25) is 0 Å². The fourth-order valence-electron chi connectivity index (χ4n) is 4.64. The summed E-state index contributed by atoms with van der Waals surface area (Å²) in [7, 11) is 1.48. The number of nitrogens with one attached hydrogen (secondary N) is 4. The average Bonchev–Trinajstić information content (AvgIpc) is 2.90. The summed E-state index contributed by atoms with van der Waals surface area (Å²) < 4.78 is 6.49. The molecule has 4 atom stereocenters. The largest absolute Gasteiger partial charge is 0.451 e. The molecule has 0 saturated heterocycles. The molecular weight excluding hydrogens is 628 g/mol. The van der Waals surface area contributed by atoms with Crippen molar-refractivity contribution in [2.45, 2.75) is 112 Å². The number of ether oxygens (including phenoxy) is 1. The third-order valence-electron chi connectivity index (χ3n) is 6.73. The van der Waals surface area contributed by atoms with Crippen molar-refractivity contribution in [1.29, 1.82) is 0 Å². The topological polar surface area (TPSA) is 143 Å². The highest BCUT2D eigenvalue weighted by Gasteiger charge is 2.33. The van der Waals surface area contributed by atoms with Gasteiger partial charge in [0, 0.05) is 24.4 Å². The molecule has 0 saturated carbocycles. The Morgan fingerprint density at radius 3 is 1.66 bits per heavy atom. The molecule has 0 radical (unpaired) electrons. The molecule has 0 bridgehead atoms. The highest BCUT2D eigenvalue weighted by Crippen LogP contribution is 2.16. The Kier molecular flexibility index (Phi) is 17.3. The maximum absolute atomic E-state index is 13.8. The number of amides is 4. The van der Waals surface area contributed by atoms with Gasteiger partial charge in [-0.25, -0.2) is 4.79 Å². The lowest BCUT2D eigenvalue weighted by Gasteiger charge is -2.27. The number of carbonyl (C=O) groups is 5. The van der Waals surface area contributed by atoms with Crippen molar-refractivity contribution in [1.82, 2.24) is 21.3 Å². The molecule has 248 valence electrons. The number of hydrogen-bond acceptors (Lipinski definition) is 6. The van der Waals surface area contributed by atoms with Gasteiger partial charge in [-0.05, 0) is 60.6 Å². The smallest absolute Gasteiger partial charge is 0.329 e. The molecular formula is C33H53BrN4O6. The second kappa shape index (κ2) is 19.4. The standard InChI is InChI=1S/C33H53BrN4O6/c1-19(2)14-25(36-29(39)17-22(7)8)30(40)37-26(18-23-10-12-24(34)13-11-23)31(41)38-27(15-20(3)4)33(43)44-28(16-21(5)6)32(42)35-9/h10-13,19-22,25-28H,14-18H2,1-9H3,(H,35,42)(H,36,39)(H,37,40)(H,38,41)/t25-,26-,27-,28-/m0/s1. The van der Waals surface area contributed by atoms with Crippen molar-refractivity contribution in [3.63, 3.8) is 0 Å². The Hall–Kier alpha value is -2.95. The van der Waals surface area contributed by atoms with E-state index in [-0.39, 0.29) is 48.8 Å².